The zero-order valence-electron chi connectivity index (χ0n) is 19.2. The Bertz CT molecular complexity index is 1490. The van der Waals surface area contributed by atoms with Crippen LogP contribution in [0.2, 0.25) is 10.0 Å². The molecule has 204 valence electrons. The van der Waals surface area contributed by atoms with Gasteiger partial charge >= 0.3 is 6.43 Å². The minimum atomic E-state index is -3.53. The smallest absolute Gasteiger partial charge is 0.315 e. The van der Waals surface area contributed by atoms with Crippen molar-refractivity contribution in [1.82, 2.24) is 0 Å². The Balaban J connectivity index is 1.51. The van der Waals surface area contributed by atoms with Crippen molar-refractivity contribution in [3.63, 3.8) is 0 Å². The Labute approximate surface area is 238 Å². The van der Waals surface area contributed by atoms with Crippen molar-refractivity contribution in [2.75, 3.05) is 16.0 Å². The quantitative estimate of drug-likeness (QED) is 0.192. The van der Waals surface area contributed by atoms with E-state index >= 15 is 0 Å². The van der Waals surface area contributed by atoms with Crippen LogP contribution in [0.4, 0.5) is 34.6 Å². The number of hydrogen-bond donors (Lipinski definition) is 3. The lowest BCUT2D eigenvalue weighted by atomic mass is 10.1. The second-order valence-electron chi connectivity index (χ2n) is 8.40. The van der Waals surface area contributed by atoms with Gasteiger partial charge in [0.2, 0.25) is 5.91 Å². The van der Waals surface area contributed by atoms with E-state index in [9.17, 15) is 31.9 Å². The van der Waals surface area contributed by atoms with Crippen molar-refractivity contribution >= 4 is 81.2 Å². The summed E-state index contributed by atoms with van der Waals surface area (Å²) < 4.78 is 52.3. The number of benzene rings is 3. The molecule has 0 aromatic heterocycles. The number of amides is 3. The first-order chi connectivity index (χ1) is 18.3. The number of carbonyl (C=O) groups is 3. The number of halogens is 8. The molecule has 0 unspecified atom stereocenters. The summed E-state index contributed by atoms with van der Waals surface area (Å²) in [4.78, 5) is 37.0. The van der Waals surface area contributed by atoms with Crippen LogP contribution in [-0.2, 0) is 9.59 Å². The number of rotatable bonds is 7. The van der Waals surface area contributed by atoms with Crippen LogP contribution in [0.1, 0.15) is 21.8 Å². The first kappa shape index (κ1) is 28.9. The highest BCUT2D eigenvalue weighted by Crippen LogP contribution is 2.65. The maximum Gasteiger partial charge on any atom is 0.315 e. The molecule has 0 bridgehead atoms. The lowest BCUT2D eigenvalue weighted by Crippen LogP contribution is -2.22. The Hall–Kier alpha value is -3.05. The van der Waals surface area contributed by atoms with Gasteiger partial charge < -0.3 is 16.0 Å². The van der Waals surface area contributed by atoms with E-state index in [1.165, 1.54) is 23.5 Å². The van der Waals surface area contributed by atoms with E-state index in [4.69, 9.17) is 46.4 Å². The van der Waals surface area contributed by atoms with Gasteiger partial charge in [0.05, 0.1) is 22.2 Å². The standard InChI is InChI=1S/C25H15Cl4F4N3O3/c26-11-3-1-2-10(8-11)17-18(25(17,28)29)23(38)34-12-4-5-14(27)13(9-12)22(37)35-16-7-6-15(30)20(19(16)31)36-24(39)21(32)33/h1-9,17-18,21H,(H,34,38)(H,35,37)(H,36,39)/t17-,18+/m0/s1. The van der Waals surface area contributed by atoms with Gasteiger partial charge in [-0.25, -0.2) is 8.78 Å². The first-order valence-corrected chi connectivity index (χ1v) is 12.4. The van der Waals surface area contributed by atoms with E-state index < -0.39 is 63.3 Å². The number of alkyl halides is 4. The Morgan fingerprint density at radius 1 is 0.897 bits per heavy atom. The molecule has 0 saturated heterocycles. The SMILES string of the molecule is O=C(Nc1ccc(F)c(NC(=O)C(F)F)c1F)c1cc(NC(=O)[C@H]2[C@H](c3cccc(Cl)c3)C2(Cl)Cl)ccc1Cl. The molecule has 0 spiro atoms. The molecule has 2 atom stereocenters. The average molecular weight is 623 g/mol. The molecular weight excluding hydrogens is 608 g/mol. The highest BCUT2D eigenvalue weighted by Gasteiger charge is 2.67. The Kier molecular flexibility index (Phi) is 8.32. The molecule has 1 aliphatic rings. The van der Waals surface area contributed by atoms with Gasteiger partial charge in [0, 0.05) is 16.6 Å². The minimum Gasteiger partial charge on any atom is -0.326 e. The summed E-state index contributed by atoms with van der Waals surface area (Å²) in [6.45, 7) is 0. The number of carbonyl (C=O) groups excluding carboxylic acids is 3. The third kappa shape index (κ3) is 6.09. The molecule has 14 heteroatoms. The second-order valence-corrected chi connectivity index (χ2v) is 10.7. The maximum atomic E-state index is 14.7. The van der Waals surface area contributed by atoms with Gasteiger partial charge in [0.25, 0.3) is 11.8 Å². The van der Waals surface area contributed by atoms with Gasteiger partial charge in [-0.05, 0) is 48.0 Å². The molecule has 1 fully saturated rings. The van der Waals surface area contributed by atoms with Crippen molar-refractivity contribution in [2.24, 2.45) is 5.92 Å². The van der Waals surface area contributed by atoms with Crippen LogP contribution >= 0.6 is 46.4 Å². The highest BCUT2D eigenvalue weighted by atomic mass is 35.5. The Morgan fingerprint density at radius 3 is 2.28 bits per heavy atom. The molecule has 0 aliphatic heterocycles. The predicted octanol–water partition coefficient (Wildman–Crippen LogP) is 7.25. The molecule has 0 radical (unpaired) electrons. The van der Waals surface area contributed by atoms with Crippen LogP contribution in [0.15, 0.2) is 54.6 Å². The molecule has 39 heavy (non-hydrogen) atoms. The third-order valence-corrected chi connectivity index (χ3v) is 7.31. The fraction of sp³-hybridized carbons (Fsp3) is 0.160. The van der Waals surface area contributed by atoms with Crippen molar-refractivity contribution in [2.45, 2.75) is 16.7 Å². The van der Waals surface area contributed by atoms with Gasteiger partial charge in [-0.3, -0.25) is 14.4 Å². The van der Waals surface area contributed by atoms with E-state index in [-0.39, 0.29) is 16.3 Å². The largest absolute Gasteiger partial charge is 0.326 e. The molecule has 3 aromatic rings. The predicted molar refractivity (Wildman–Crippen MR) is 141 cm³/mol. The van der Waals surface area contributed by atoms with Crippen LogP contribution < -0.4 is 16.0 Å². The van der Waals surface area contributed by atoms with Crippen LogP contribution in [0.5, 0.6) is 0 Å². The zero-order chi connectivity index (χ0) is 28.6. The van der Waals surface area contributed by atoms with Gasteiger partial charge in [-0.1, -0.05) is 35.3 Å². The molecule has 1 aliphatic carbocycles. The summed E-state index contributed by atoms with van der Waals surface area (Å²) in [6.07, 6.45) is -3.53. The van der Waals surface area contributed by atoms with Gasteiger partial charge in [-0.2, -0.15) is 8.78 Å². The monoisotopic (exact) mass is 621 g/mol. The highest BCUT2D eigenvalue weighted by molar-refractivity contribution is 6.53. The fourth-order valence-corrected chi connectivity index (χ4v) is 5.13. The van der Waals surface area contributed by atoms with E-state index in [1.807, 2.05) is 0 Å². The first-order valence-electron chi connectivity index (χ1n) is 10.9. The van der Waals surface area contributed by atoms with Crippen molar-refractivity contribution in [3.8, 4) is 0 Å². The van der Waals surface area contributed by atoms with Gasteiger partial charge in [0.1, 0.15) is 15.8 Å². The summed E-state index contributed by atoms with van der Waals surface area (Å²) in [5, 5.41) is 6.50. The normalized spacial score (nSPS) is 17.5. The summed E-state index contributed by atoms with van der Waals surface area (Å²) in [7, 11) is 0. The van der Waals surface area contributed by atoms with E-state index in [1.54, 1.807) is 24.3 Å². The van der Waals surface area contributed by atoms with Crippen LogP contribution in [0, 0.1) is 17.6 Å². The van der Waals surface area contributed by atoms with Crippen molar-refractivity contribution in [1.29, 1.82) is 0 Å². The molecule has 3 amide bonds. The van der Waals surface area contributed by atoms with Gasteiger partial charge in [-0.15, -0.1) is 23.2 Å². The lowest BCUT2D eigenvalue weighted by Gasteiger charge is -2.13. The number of hydrogen-bond acceptors (Lipinski definition) is 3. The summed E-state index contributed by atoms with van der Waals surface area (Å²) in [5.74, 6) is -7.71. The van der Waals surface area contributed by atoms with Crippen LogP contribution in [-0.4, -0.2) is 28.5 Å². The second kappa shape index (κ2) is 11.2. The molecule has 4 rings (SSSR count). The lowest BCUT2D eigenvalue weighted by molar-refractivity contribution is -0.126. The maximum absolute atomic E-state index is 14.7. The van der Waals surface area contributed by atoms with E-state index in [0.717, 1.165) is 6.07 Å². The fourth-order valence-electron chi connectivity index (χ4n) is 3.90. The van der Waals surface area contributed by atoms with E-state index in [0.29, 0.717) is 16.7 Å². The van der Waals surface area contributed by atoms with Gasteiger partial charge in [0.15, 0.2) is 5.82 Å². The van der Waals surface area contributed by atoms with Crippen LogP contribution in [0.25, 0.3) is 0 Å². The molecular formula is C25H15Cl4F4N3O3. The summed E-state index contributed by atoms with van der Waals surface area (Å²) >= 11 is 24.8. The molecule has 0 heterocycles. The van der Waals surface area contributed by atoms with E-state index in [2.05, 4.69) is 10.6 Å². The summed E-state index contributed by atoms with van der Waals surface area (Å²) in [6, 6.07) is 12.1. The molecule has 1 saturated carbocycles. The third-order valence-electron chi connectivity index (χ3n) is 5.81. The average Bonchev–Trinajstić information content (AvgIpc) is 3.46. The summed E-state index contributed by atoms with van der Waals surface area (Å²) in [5.41, 5.74) is -1.24. The molecule has 6 nitrogen and oxygen atoms in total. The minimum absolute atomic E-state index is 0.0912. The van der Waals surface area contributed by atoms with Crippen LogP contribution in [0.3, 0.4) is 0 Å². The molecule has 3 aromatic carbocycles. The number of nitrogens with one attached hydrogen (secondary N) is 3. The zero-order valence-corrected chi connectivity index (χ0v) is 22.2. The van der Waals surface area contributed by atoms with Crippen molar-refractivity contribution in [3.05, 3.63) is 87.4 Å². The Morgan fingerprint density at radius 2 is 1.62 bits per heavy atom. The molecule has 3 N–H and O–H groups in total. The topological polar surface area (TPSA) is 87.3 Å². The van der Waals surface area contributed by atoms with Crippen molar-refractivity contribution < 1.29 is 31.9 Å². The number of anilines is 3.